The number of ether oxygens (including phenoxy) is 1. The molecule has 0 aliphatic carbocycles. The van der Waals surface area contributed by atoms with Crippen LogP contribution in [0.5, 0.6) is 5.75 Å². The molecular formula is C14H16N2O2. The van der Waals surface area contributed by atoms with E-state index < -0.39 is 6.10 Å². The Balaban J connectivity index is 2.21. The van der Waals surface area contributed by atoms with Gasteiger partial charge in [0.25, 0.3) is 0 Å². The van der Waals surface area contributed by atoms with Gasteiger partial charge in [-0.15, -0.1) is 0 Å². The van der Waals surface area contributed by atoms with E-state index in [4.69, 9.17) is 4.74 Å². The lowest BCUT2D eigenvalue weighted by Crippen LogP contribution is -2.04. The normalized spacial score (nSPS) is 12.2. The molecule has 18 heavy (non-hydrogen) atoms. The number of rotatable bonds is 4. The molecule has 4 nitrogen and oxygen atoms in total. The molecule has 2 rings (SSSR count). The van der Waals surface area contributed by atoms with Crippen LogP contribution in [0.2, 0.25) is 0 Å². The standard InChI is InChI=1S/C14H16N2O2/c1-10-3-4-14(18-2)12(7-10)8-13(17)11-5-6-15-16-9-11/h3-7,9,13,17H,8H2,1-2H3. The van der Waals surface area contributed by atoms with Crippen LogP contribution in [0.1, 0.15) is 22.8 Å². The van der Waals surface area contributed by atoms with Gasteiger partial charge in [0.15, 0.2) is 0 Å². The van der Waals surface area contributed by atoms with E-state index in [2.05, 4.69) is 10.2 Å². The van der Waals surface area contributed by atoms with Gasteiger partial charge in [0.2, 0.25) is 0 Å². The lowest BCUT2D eigenvalue weighted by molar-refractivity contribution is 0.176. The van der Waals surface area contributed by atoms with Gasteiger partial charge in [0.05, 0.1) is 19.4 Å². The first-order chi connectivity index (χ1) is 8.70. The van der Waals surface area contributed by atoms with Gasteiger partial charge >= 0.3 is 0 Å². The number of aryl methyl sites for hydroxylation is 1. The Morgan fingerprint density at radius 3 is 2.78 bits per heavy atom. The first kappa shape index (κ1) is 12.5. The zero-order valence-electron chi connectivity index (χ0n) is 10.5. The molecule has 1 heterocycles. The molecular weight excluding hydrogens is 228 g/mol. The van der Waals surface area contributed by atoms with Gasteiger partial charge in [-0.2, -0.15) is 10.2 Å². The van der Waals surface area contributed by atoms with Crippen LogP contribution in [-0.4, -0.2) is 22.4 Å². The van der Waals surface area contributed by atoms with Gasteiger partial charge in [-0.3, -0.25) is 0 Å². The van der Waals surface area contributed by atoms with Gasteiger partial charge < -0.3 is 9.84 Å². The SMILES string of the molecule is COc1ccc(C)cc1CC(O)c1ccnnc1. The van der Waals surface area contributed by atoms with Crippen LogP contribution >= 0.6 is 0 Å². The Morgan fingerprint density at radius 2 is 2.11 bits per heavy atom. The van der Waals surface area contributed by atoms with E-state index in [9.17, 15) is 5.11 Å². The van der Waals surface area contributed by atoms with Crippen LogP contribution < -0.4 is 4.74 Å². The predicted octanol–water partition coefficient (Wildman–Crippen LogP) is 2.07. The number of benzene rings is 1. The van der Waals surface area contributed by atoms with Gasteiger partial charge in [-0.05, 0) is 24.6 Å². The fourth-order valence-electron chi connectivity index (χ4n) is 1.89. The molecule has 0 saturated carbocycles. The number of hydrogen-bond donors (Lipinski definition) is 1. The van der Waals surface area contributed by atoms with Gasteiger partial charge in [-0.25, -0.2) is 0 Å². The first-order valence-electron chi connectivity index (χ1n) is 5.79. The number of nitrogens with zero attached hydrogens (tertiary/aromatic N) is 2. The lowest BCUT2D eigenvalue weighted by atomic mass is 10.0. The van der Waals surface area contributed by atoms with E-state index in [1.807, 2.05) is 25.1 Å². The molecule has 1 aromatic carbocycles. The third kappa shape index (κ3) is 2.84. The maximum Gasteiger partial charge on any atom is 0.122 e. The van der Waals surface area contributed by atoms with Crippen molar-refractivity contribution in [3.63, 3.8) is 0 Å². The molecule has 0 saturated heterocycles. The number of aromatic nitrogens is 2. The maximum atomic E-state index is 10.2. The second kappa shape index (κ2) is 5.60. The maximum absolute atomic E-state index is 10.2. The lowest BCUT2D eigenvalue weighted by Gasteiger charge is -2.14. The first-order valence-corrected chi connectivity index (χ1v) is 5.79. The molecule has 0 aliphatic rings. The summed E-state index contributed by atoms with van der Waals surface area (Å²) in [5.74, 6) is 0.793. The van der Waals surface area contributed by atoms with Gasteiger partial charge in [0, 0.05) is 18.2 Å². The number of methoxy groups -OCH3 is 1. The third-order valence-corrected chi connectivity index (χ3v) is 2.84. The summed E-state index contributed by atoms with van der Waals surface area (Å²) in [6.07, 6.45) is 3.05. The Labute approximate surface area is 106 Å². The topological polar surface area (TPSA) is 55.2 Å². The number of aliphatic hydroxyl groups excluding tert-OH is 1. The minimum atomic E-state index is -0.601. The van der Waals surface area contributed by atoms with E-state index in [1.54, 1.807) is 25.6 Å². The zero-order valence-corrected chi connectivity index (χ0v) is 10.5. The van der Waals surface area contributed by atoms with E-state index in [0.29, 0.717) is 6.42 Å². The fourth-order valence-corrected chi connectivity index (χ4v) is 1.89. The van der Waals surface area contributed by atoms with E-state index in [-0.39, 0.29) is 0 Å². The minimum Gasteiger partial charge on any atom is -0.496 e. The van der Waals surface area contributed by atoms with Crippen molar-refractivity contribution in [2.75, 3.05) is 7.11 Å². The van der Waals surface area contributed by atoms with Crippen LogP contribution in [-0.2, 0) is 6.42 Å². The smallest absolute Gasteiger partial charge is 0.122 e. The summed E-state index contributed by atoms with van der Waals surface area (Å²) in [6, 6.07) is 7.70. The fraction of sp³-hybridized carbons (Fsp3) is 0.286. The third-order valence-electron chi connectivity index (χ3n) is 2.84. The van der Waals surface area contributed by atoms with Crippen molar-refractivity contribution in [3.05, 3.63) is 53.3 Å². The highest BCUT2D eigenvalue weighted by Gasteiger charge is 2.12. The summed E-state index contributed by atoms with van der Waals surface area (Å²) in [7, 11) is 1.63. The number of hydrogen-bond acceptors (Lipinski definition) is 4. The predicted molar refractivity (Wildman–Crippen MR) is 68.4 cm³/mol. The van der Waals surface area contributed by atoms with Crippen LogP contribution in [0.25, 0.3) is 0 Å². The van der Waals surface area contributed by atoms with Crippen molar-refractivity contribution in [2.24, 2.45) is 0 Å². The molecule has 2 aromatic rings. The highest BCUT2D eigenvalue weighted by atomic mass is 16.5. The molecule has 94 valence electrons. The Morgan fingerprint density at radius 1 is 1.28 bits per heavy atom. The van der Waals surface area contributed by atoms with Crippen molar-refractivity contribution in [1.82, 2.24) is 10.2 Å². The summed E-state index contributed by atoms with van der Waals surface area (Å²) < 4.78 is 5.30. The Bertz CT molecular complexity index is 514. The Kier molecular flexibility index (Phi) is 3.89. The second-order valence-electron chi connectivity index (χ2n) is 4.21. The highest BCUT2D eigenvalue weighted by molar-refractivity contribution is 5.37. The molecule has 1 atom stereocenters. The molecule has 0 amide bonds. The average Bonchev–Trinajstić information content (AvgIpc) is 2.40. The van der Waals surface area contributed by atoms with Crippen LogP contribution in [0.3, 0.4) is 0 Å². The monoisotopic (exact) mass is 244 g/mol. The molecule has 1 aromatic heterocycles. The van der Waals surface area contributed by atoms with Crippen molar-refractivity contribution >= 4 is 0 Å². The van der Waals surface area contributed by atoms with Crippen molar-refractivity contribution in [3.8, 4) is 5.75 Å². The van der Waals surface area contributed by atoms with Crippen molar-refractivity contribution in [1.29, 1.82) is 0 Å². The summed E-state index contributed by atoms with van der Waals surface area (Å²) in [6.45, 7) is 2.02. The largest absolute Gasteiger partial charge is 0.496 e. The van der Waals surface area contributed by atoms with E-state index in [0.717, 1.165) is 22.4 Å². The number of aliphatic hydroxyl groups is 1. The summed E-state index contributed by atoms with van der Waals surface area (Å²) in [5.41, 5.74) is 2.89. The molecule has 4 heteroatoms. The molecule has 0 radical (unpaired) electrons. The zero-order chi connectivity index (χ0) is 13.0. The molecule has 0 spiro atoms. The summed E-state index contributed by atoms with van der Waals surface area (Å²) >= 11 is 0. The average molecular weight is 244 g/mol. The van der Waals surface area contributed by atoms with Crippen molar-refractivity contribution < 1.29 is 9.84 Å². The van der Waals surface area contributed by atoms with Gasteiger partial charge in [-0.1, -0.05) is 17.7 Å². The highest BCUT2D eigenvalue weighted by Crippen LogP contribution is 2.25. The summed E-state index contributed by atoms with van der Waals surface area (Å²) in [5, 5.41) is 17.6. The van der Waals surface area contributed by atoms with E-state index >= 15 is 0 Å². The molecule has 0 bridgehead atoms. The molecule has 1 N–H and O–H groups in total. The van der Waals surface area contributed by atoms with Crippen LogP contribution in [0.4, 0.5) is 0 Å². The van der Waals surface area contributed by atoms with Gasteiger partial charge in [0.1, 0.15) is 5.75 Å². The summed E-state index contributed by atoms with van der Waals surface area (Å²) in [4.78, 5) is 0. The van der Waals surface area contributed by atoms with Crippen LogP contribution in [0.15, 0.2) is 36.7 Å². The second-order valence-corrected chi connectivity index (χ2v) is 4.21. The minimum absolute atomic E-state index is 0.497. The van der Waals surface area contributed by atoms with Crippen LogP contribution in [0, 0.1) is 6.92 Å². The molecule has 0 aliphatic heterocycles. The molecule has 1 unspecified atom stereocenters. The molecule has 0 fully saturated rings. The van der Waals surface area contributed by atoms with Crippen molar-refractivity contribution in [2.45, 2.75) is 19.4 Å². The Hall–Kier alpha value is -1.94. The quantitative estimate of drug-likeness (QED) is 0.894. The van der Waals surface area contributed by atoms with E-state index in [1.165, 1.54) is 0 Å².